The number of nitrogens with one attached hydrogen (secondary N) is 1. The van der Waals surface area contributed by atoms with E-state index in [1.165, 1.54) is 5.56 Å². The van der Waals surface area contributed by atoms with Gasteiger partial charge in [0.1, 0.15) is 12.4 Å². The van der Waals surface area contributed by atoms with E-state index < -0.39 is 0 Å². The Labute approximate surface area is 136 Å². The second-order valence-corrected chi connectivity index (χ2v) is 6.09. The fraction of sp³-hybridized carbons (Fsp3) is 0.625. The normalized spacial score (nSPS) is 11.1. The number of hydrogen-bond acceptors (Lipinski definition) is 4. The van der Waals surface area contributed by atoms with E-state index in [-0.39, 0.29) is 0 Å². The molecular formula is C16H26BrNO3. The first-order chi connectivity index (χ1) is 10.1. The molecule has 21 heavy (non-hydrogen) atoms. The Morgan fingerprint density at radius 2 is 1.90 bits per heavy atom. The van der Waals surface area contributed by atoms with Crippen LogP contribution in [0.25, 0.3) is 0 Å². The second kappa shape index (κ2) is 11.0. The molecule has 1 aromatic carbocycles. The number of rotatable bonds is 11. The lowest BCUT2D eigenvalue weighted by Crippen LogP contribution is -2.19. The fourth-order valence-corrected chi connectivity index (χ4v) is 2.12. The molecule has 0 amide bonds. The Morgan fingerprint density at radius 1 is 1.14 bits per heavy atom. The lowest BCUT2D eigenvalue weighted by Gasteiger charge is -2.12. The molecule has 0 saturated carbocycles. The van der Waals surface area contributed by atoms with E-state index in [0.29, 0.717) is 32.3 Å². The van der Waals surface area contributed by atoms with Crippen molar-refractivity contribution in [3.05, 3.63) is 28.2 Å². The summed E-state index contributed by atoms with van der Waals surface area (Å²) in [6.07, 6.45) is 0. The molecule has 4 nitrogen and oxygen atoms in total. The third-order valence-electron chi connectivity index (χ3n) is 2.81. The summed E-state index contributed by atoms with van der Waals surface area (Å²) in [5.41, 5.74) is 1.20. The van der Waals surface area contributed by atoms with Crippen molar-refractivity contribution in [3.8, 4) is 5.75 Å². The average molecular weight is 360 g/mol. The smallest absolute Gasteiger partial charge is 0.119 e. The van der Waals surface area contributed by atoms with Crippen molar-refractivity contribution in [3.63, 3.8) is 0 Å². The zero-order valence-corrected chi connectivity index (χ0v) is 14.7. The van der Waals surface area contributed by atoms with E-state index in [4.69, 9.17) is 14.2 Å². The summed E-state index contributed by atoms with van der Waals surface area (Å²) in [4.78, 5) is 0. The van der Waals surface area contributed by atoms with Gasteiger partial charge >= 0.3 is 0 Å². The number of hydrogen-bond donors (Lipinski definition) is 1. The van der Waals surface area contributed by atoms with Crippen LogP contribution < -0.4 is 10.1 Å². The Bertz CT molecular complexity index is 399. The summed E-state index contributed by atoms with van der Waals surface area (Å²) in [6.45, 7) is 8.57. The highest BCUT2D eigenvalue weighted by molar-refractivity contribution is 9.10. The Kier molecular flexibility index (Phi) is 9.67. The molecule has 0 heterocycles. The first kappa shape index (κ1) is 18.4. The van der Waals surface area contributed by atoms with Gasteiger partial charge in [-0.1, -0.05) is 29.8 Å². The maximum absolute atomic E-state index is 5.69. The third-order valence-corrected chi connectivity index (χ3v) is 3.59. The van der Waals surface area contributed by atoms with Crippen molar-refractivity contribution in [2.45, 2.75) is 20.4 Å². The summed E-state index contributed by atoms with van der Waals surface area (Å²) < 4.78 is 17.1. The van der Waals surface area contributed by atoms with Crippen LogP contribution in [-0.4, -0.2) is 40.1 Å². The number of methoxy groups -OCH3 is 1. The molecule has 120 valence electrons. The van der Waals surface area contributed by atoms with Crippen molar-refractivity contribution in [2.75, 3.05) is 40.1 Å². The van der Waals surface area contributed by atoms with Crippen LogP contribution in [0.15, 0.2) is 22.7 Å². The summed E-state index contributed by atoms with van der Waals surface area (Å²) >= 11 is 3.57. The molecule has 1 N–H and O–H groups in total. The highest BCUT2D eigenvalue weighted by atomic mass is 79.9. The van der Waals surface area contributed by atoms with Crippen LogP contribution >= 0.6 is 15.9 Å². The molecule has 0 fully saturated rings. The van der Waals surface area contributed by atoms with E-state index in [1.54, 1.807) is 7.11 Å². The maximum atomic E-state index is 5.69. The van der Waals surface area contributed by atoms with Crippen molar-refractivity contribution < 1.29 is 14.2 Å². The third kappa shape index (κ3) is 8.41. The number of ether oxygens (including phenoxy) is 3. The molecule has 0 saturated heterocycles. The van der Waals surface area contributed by atoms with Gasteiger partial charge in [-0.25, -0.2) is 0 Å². The van der Waals surface area contributed by atoms with E-state index in [1.807, 2.05) is 12.1 Å². The molecule has 1 aromatic rings. The predicted molar refractivity (Wildman–Crippen MR) is 88.9 cm³/mol. The molecule has 0 bridgehead atoms. The summed E-state index contributed by atoms with van der Waals surface area (Å²) in [6, 6.07) is 6.05. The van der Waals surface area contributed by atoms with Crippen molar-refractivity contribution in [2.24, 2.45) is 5.92 Å². The molecule has 1 rings (SSSR count). The standard InChI is InChI=1S/C16H26BrNO3/c1-13(2)11-18-12-14-10-15(4-5-16(14)17)21-9-8-20-7-6-19-3/h4-5,10,13,18H,6-9,11-12H2,1-3H3. The fourth-order valence-electron chi connectivity index (χ4n) is 1.73. The van der Waals surface area contributed by atoms with Gasteiger partial charge in [-0.3, -0.25) is 0 Å². The molecule has 0 spiro atoms. The molecule has 0 aromatic heterocycles. The highest BCUT2D eigenvalue weighted by Crippen LogP contribution is 2.22. The van der Waals surface area contributed by atoms with Crippen molar-refractivity contribution in [1.82, 2.24) is 5.32 Å². The quantitative estimate of drug-likeness (QED) is 0.615. The Hall–Kier alpha value is -0.620. The van der Waals surface area contributed by atoms with Gasteiger partial charge in [0, 0.05) is 18.1 Å². The molecule has 0 aliphatic rings. The zero-order chi connectivity index (χ0) is 15.5. The molecule has 0 atom stereocenters. The molecule has 5 heteroatoms. The topological polar surface area (TPSA) is 39.7 Å². The summed E-state index contributed by atoms with van der Waals surface area (Å²) in [7, 11) is 1.66. The van der Waals surface area contributed by atoms with Gasteiger partial charge in [0.25, 0.3) is 0 Å². The van der Waals surface area contributed by atoms with E-state index in [9.17, 15) is 0 Å². The van der Waals surface area contributed by atoms with Crippen LogP contribution in [0.4, 0.5) is 0 Å². The van der Waals surface area contributed by atoms with Crippen molar-refractivity contribution in [1.29, 1.82) is 0 Å². The van der Waals surface area contributed by atoms with Gasteiger partial charge < -0.3 is 19.5 Å². The van der Waals surface area contributed by atoms with Gasteiger partial charge in [-0.05, 0) is 36.2 Å². The van der Waals surface area contributed by atoms with Gasteiger partial charge in [-0.2, -0.15) is 0 Å². The molecule has 0 unspecified atom stereocenters. The first-order valence-electron chi connectivity index (χ1n) is 7.32. The first-order valence-corrected chi connectivity index (χ1v) is 8.11. The van der Waals surface area contributed by atoms with Crippen LogP contribution in [0.2, 0.25) is 0 Å². The van der Waals surface area contributed by atoms with Crippen LogP contribution in [0.3, 0.4) is 0 Å². The maximum Gasteiger partial charge on any atom is 0.119 e. The molecule has 0 aliphatic carbocycles. The van der Waals surface area contributed by atoms with Crippen LogP contribution in [0, 0.1) is 5.92 Å². The summed E-state index contributed by atoms with van der Waals surface area (Å²) in [5.74, 6) is 1.52. The molecular weight excluding hydrogens is 334 g/mol. The van der Waals surface area contributed by atoms with E-state index in [2.05, 4.69) is 41.2 Å². The highest BCUT2D eigenvalue weighted by Gasteiger charge is 2.03. The number of halogens is 1. The minimum absolute atomic E-state index is 0.546. The second-order valence-electron chi connectivity index (χ2n) is 5.23. The largest absolute Gasteiger partial charge is 0.491 e. The van der Waals surface area contributed by atoms with Crippen LogP contribution in [0.1, 0.15) is 19.4 Å². The van der Waals surface area contributed by atoms with Gasteiger partial charge in [0.2, 0.25) is 0 Å². The van der Waals surface area contributed by atoms with Crippen LogP contribution in [0.5, 0.6) is 5.75 Å². The van der Waals surface area contributed by atoms with E-state index >= 15 is 0 Å². The van der Waals surface area contributed by atoms with Crippen LogP contribution in [-0.2, 0) is 16.0 Å². The lowest BCUT2D eigenvalue weighted by molar-refractivity contribution is 0.0544. The lowest BCUT2D eigenvalue weighted by atomic mass is 10.2. The monoisotopic (exact) mass is 359 g/mol. The minimum Gasteiger partial charge on any atom is -0.491 e. The Morgan fingerprint density at radius 3 is 2.62 bits per heavy atom. The number of benzene rings is 1. The van der Waals surface area contributed by atoms with Gasteiger partial charge in [0.15, 0.2) is 0 Å². The Balaban J connectivity index is 2.34. The zero-order valence-electron chi connectivity index (χ0n) is 13.2. The predicted octanol–water partition coefficient (Wildman–Crippen LogP) is 3.24. The SMILES string of the molecule is COCCOCCOc1ccc(Br)c(CNCC(C)C)c1. The van der Waals surface area contributed by atoms with Gasteiger partial charge in [-0.15, -0.1) is 0 Å². The van der Waals surface area contributed by atoms with Gasteiger partial charge in [0.05, 0.1) is 19.8 Å². The van der Waals surface area contributed by atoms with Crippen molar-refractivity contribution >= 4 is 15.9 Å². The minimum atomic E-state index is 0.546. The molecule has 0 radical (unpaired) electrons. The average Bonchev–Trinajstić information content (AvgIpc) is 2.45. The molecule has 0 aliphatic heterocycles. The summed E-state index contributed by atoms with van der Waals surface area (Å²) in [5, 5.41) is 3.44. The van der Waals surface area contributed by atoms with E-state index in [0.717, 1.165) is 23.3 Å².